The van der Waals surface area contributed by atoms with Crippen molar-refractivity contribution in [1.29, 1.82) is 0 Å². The van der Waals surface area contributed by atoms with Crippen molar-refractivity contribution >= 4 is 58.9 Å². The molecule has 0 aliphatic rings. The number of thiocarbonyl (C=S) groups is 1. The van der Waals surface area contributed by atoms with E-state index in [2.05, 4.69) is 22.4 Å². The molecule has 0 unspecified atom stereocenters. The van der Waals surface area contributed by atoms with Crippen molar-refractivity contribution in [3.05, 3.63) is 29.8 Å². The Kier molecular flexibility index (Phi) is 17.0. The van der Waals surface area contributed by atoms with Crippen LogP contribution in [-0.4, -0.2) is 169 Å². The van der Waals surface area contributed by atoms with Crippen LogP contribution in [0.15, 0.2) is 29.3 Å². The number of aliphatic carboxylic acids is 6. The fourth-order valence-corrected chi connectivity index (χ4v) is 4.46. The highest BCUT2D eigenvalue weighted by Crippen LogP contribution is 2.16. The first kappa shape index (κ1) is 37.7. The minimum absolute atomic E-state index is 0.0393. The summed E-state index contributed by atoms with van der Waals surface area (Å²) in [6, 6.07) is 5.79. The number of rotatable bonds is 24. The van der Waals surface area contributed by atoms with Crippen molar-refractivity contribution in [2.45, 2.75) is 12.5 Å². The number of carbonyl (C=O) groups is 6. The van der Waals surface area contributed by atoms with Gasteiger partial charge in [-0.1, -0.05) is 12.1 Å². The van der Waals surface area contributed by atoms with E-state index in [1.165, 1.54) is 14.7 Å². The first-order valence-electron chi connectivity index (χ1n) is 13.1. The molecule has 18 heteroatoms. The maximum Gasteiger partial charge on any atom is 0.317 e. The largest absolute Gasteiger partial charge is 0.480 e. The van der Waals surface area contributed by atoms with Crippen LogP contribution in [0.4, 0.5) is 5.69 Å². The zero-order chi connectivity index (χ0) is 33.2. The Hall–Kier alpha value is -4.32. The third-order valence-electron chi connectivity index (χ3n) is 6.14. The maximum absolute atomic E-state index is 11.7. The fraction of sp³-hybridized carbons (Fsp3) is 0.500. The molecule has 242 valence electrons. The van der Waals surface area contributed by atoms with Crippen LogP contribution in [0.1, 0.15) is 5.56 Å². The molecule has 0 bridgehead atoms. The van der Waals surface area contributed by atoms with Crippen molar-refractivity contribution in [1.82, 2.24) is 19.6 Å². The van der Waals surface area contributed by atoms with Crippen molar-refractivity contribution in [2.75, 3.05) is 72.0 Å². The number of nitrogens with zero attached hydrogens (tertiary/aromatic N) is 5. The summed E-state index contributed by atoms with van der Waals surface area (Å²) < 4.78 is 0. The molecule has 44 heavy (non-hydrogen) atoms. The number of benzene rings is 1. The molecule has 1 atom stereocenters. The van der Waals surface area contributed by atoms with Crippen molar-refractivity contribution in [3.8, 4) is 0 Å². The van der Waals surface area contributed by atoms with Gasteiger partial charge in [-0.2, -0.15) is 4.99 Å². The first-order valence-corrected chi connectivity index (χ1v) is 13.5. The molecule has 0 aliphatic heterocycles. The molecule has 6 N–H and O–H groups in total. The molecular weight excluding hydrogens is 606 g/mol. The van der Waals surface area contributed by atoms with Gasteiger partial charge in [0, 0.05) is 38.8 Å². The summed E-state index contributed by atoms with van der Waals surface area (Å²) >= 11 is 4.59. The van der Waals surface area contributed by atoms with E-state index >= 15 is 0 Å². The van der Waals surface area contributed by atoms with Gasteiger partial charge >= 0.3 is 35.8 Å². The number of carboxylic acids is 6. The summed E-state index contributed by atoms with van der Waals surface area (Å²) in [7, 11) is 0. The van der Waals surface area contributed by atoms with Gasteiger partial charge in [-0.05, 0) is 36.3 Å². The molecule has 1 aromatic rings. The number of aliphatic imine (C=N–C) groups is 1. The Balaban J connectivity index is 3.24. The van der Waals surface area contributed by atoms with Crippen molar-refractivity contribution < 1.29 is 59.4 Å². The summed E-state index contributed by atoms with van der Waals surface area (Å²) in [5.41, 5.74) is 1.17. The summed E-state index contributed by atoms with van der Waals surface area (Å²) in [5.74, 6) is -7.62. The summed E-state index contributed by atoms with van der Waals surface area (Å²) in [6.07, 6.45) is 0.121. The standard InChI is InChI=1S/C26H35N5O12S/c32-21(33)11-28(6-8-30(13-23(36)37)14-24(38)39)5-7-29(12-22(34)35)10-20(31(15-25(40)41)16-26(42)43)9-18-1-3-19(4-2-18)27-17-44/h1-4,20H,5-16H2,(H,32,33)(H,34,35)(H,36,37)(H,38,39)(H,40,41)(H,42,43)/t20-/m0/s1. The fourth-order valence-electron chi connectivity index (χ4n) is 4.35. The number of isothiocyanates is 1. The lowest BCUT2D eigenvalue weighted by atomic mass is 10.0. The lowest BCUT2D eigenvalue weighted by Gasteiger charge is -2.34. The van der Waals surface area contributed by atoms with Gasteiger partial charge in [-0.3, -0.25) is 48.4 Å². The molecule has 0 aromatic heterocycles. The molecule has 1 rings (SSSR count). The quantitative estimate of drug-likeness (QED) is 0.0588. The Bertz CT molecular complexity index is 1180. The van der Waals surface area contributed by atoms with Gasteiger partial charge in [0.2, 0.25) is 0 Å². The molecular formula is C26H35N5O12S. The lowest BCUT2D eigenvalue weighted by Crippen LogP contribution is -2.51. The van der Waals surface area contributed by atoms with Crippen LogP contribution in [0.25, 0.3) is 0 Å². The first-order chi connectivity index (χ1) is 20.7. The Morgan fingerprint density at radius 3 is 1.43 bits per heavy atom. The molecule has 0 heterocycles. The van der Waals surface area contributed by atoms with Gasteiger partial charge in [-0.25, -0.2) is 0 Å². The van der Waals surface area contributed by atoms with Crippen LogP contribution in [0.2, 0.25) is 0 Å². The maximum atomic E-state index is 11.7. The highest BCUT2D eigenvalue weighted by atomic mass is 32.1. The Labute approximate surface area is 257 Å². The lowest BCUT2D eigenvalue weighted by molar-refractivity contribution is -0.145. The second-order valence-corrected chi connectivity index (χ2v) is 9.90. The second-order valence-electron chi connectivity index (χ2n) is 9.72. The number of hydrogen-bond acceptors (Lipinski definition) is 12. The van der Waals surface area contributed by atoms with E-state index in [9.17, 15) is 49.2 Å². The highest BCUT2D eigenvalue weighted by Gasteiger charge is 2.27. The van der Waals surface area contributed by atoms with Crippen LogP contribution < -0.4 is 0 Å². The van der Waals surface area contributed by atoms with Crippen LogP contribution >= 0.6 is 12.2 Å². The van der Waals surface area contributed by atoms with Gasteiger partial charge in [-0.15, -0.1) is 0 Å². The summed E-state index contributed by atoms with van der Waals surface area (Å²) in [5, 5.41) is 58.2. The minimum Gasteiger partial charge on any atom is -0.480 e. The molecule has 0 amide bonds. The van der Waals surface area contributed by atoms with E-state index < -0.39 is 81.1 Å². The van der Waals surface area contributed by atoms with Crippen LogP contribution in [-0.2, 0) is 35.2 Å². The molecule has 0 radical (unpaired) electrons. The van der Waals surface area contributed by atoms with E-state index in [4.69, 9.17) is 10.2 Å². The van der Waals surface area contributed by atoms with Crippen LogP contribution in [0.5, 0.6) is 0 Å². The number of carboxylic acid groups (broad SMARTS) is 6. The minimum atomic E-state index is -1.30. The van der Waals surface area contributed by atoms with E-state index in [1.54, 1.807) is 24.3 Å². The van der Waals surface area contributed by atoms with Gasteiger partial charge in [0.25, 0.3) is 0 Å². The normalized spacial score (nSPS) is 11.8. The average Bonchev–Trinajstić information content (AvgIpc) is 2.88. The third kappa shape index (κ3) is 17.0. The Morgan fingerprint density at radius 1 is 0.614 bits per heavy atom. The van der Waals surface area contributed by atoms with Crippen molar-refractivity contribution in [2.24, 2.45) is 4.99 Å². The van der Waals surface area contributed by atoms with Gasteiger partial charge in [0.1, 0.15) is 0 Å². The molecule has 1 aromatic carbocycles. The zero-order valence-electron chi connectivity index (χ0n) is 23.6. The molecule has 17 nitrogen and oxygen atoms in total. The number of hydrogen-bond donors (Lipinski definition) is 6. The third-order valence-corrected chi connectivity index (χ3v) is 6.24. The molecule has 0 aliphatic carbocycles. The molecule has 0 saturated carbocycles. The predicted octanol–water partition coefficient (Wildman–Crippen LogP) is -0.952. The van der Waals surface area contributed by atoms with Crippen LogP contribution in [0, 0.1) is 0 Å². The van der Waals surface area contributed by atoms with Gasteiger partial charge in [0.05, 0.1) is 50.1 Å². The monoisotopic (exact) mass is 641 g/mol. The molecule has 0 fully saturated rings. The zero-order valence-corrected chi connectivity index (χ0v) is 24.5. The van der Waals surface area contributed by atoms with Crippen LogP contribution in [0.3, 0.4) is 0 Å². The second kappa shape index (κ2) is 19.8. The van der Waals surface area contributed by atoms with E-state index in [0.29, 0.717) is 11.3 Å². The Morgan fingerprint density at radius 2 is 1.00 bits per heavy atom. The predicted molar refractivity (Wildman–Crippen MR) is 155 cm³/mol. The SMILES string of the molecule is O=C(O)CN(CCN(CC(=O)O)CC(=O)O)CCN(CC(=O)O)C[C@H](Cc1ccc(N=C=S)cc1)N(CC(=O)O)CC(=O)O. The van der Waals surface area contributed by atoms with E-state index in [1.807, 2.05) is 0 Å². The summed E-state index contributed by atoms with van der Waals surface area (Å²) in [4.78, 5) is 77.5. The van der Waals surface area contributed by atoms with E-state index in [-0.39, 0.29) is 39.1 Å². The smallest absolute Gasteiger partial charge is 0.317 e. The summed E-state index contributed by atoms with van der Waals surface area (Å²) in [6.45, 7) is -3.93. The molecule has 0 saturated heterocycles. The van der Waals surface area contributed by atoms with Gasteiger partial charge < -0.3 is 30.6 Å². The molecule has 0 spiro atoms. The van der Waals surface area contributed by atoms with Gasteiger partial charge in [0.15, 0.2) is 0 Å². The average molecular weight is 642 g/mol. The highest BCUT2D eigenvalue weighted by molar-refractivity contribution is 7.78. The van der Waals surface area contributed by atoms with Crippen molar-refractivity contribution in [3.63, 3.8) is 0 Å². The van der Waals surface area contributed by atoms with E-state index in [0.717, 1.165) is 4.90 Å². The topological polar surface area (TPSA) is 249 Å².